The number of thiophene rings is 1. The molecule has 0 amide bonds. The summed E-state index contributed by atoms with van der Waals surface area (Å²) >= 11 is 7.33. The first-order valence-electron chi connectivity index (χ1n) is 6.68. The molecular weight excluding hydrogens is 316 g/mol. The highest BCUT2D eigenvalue weighted by molar-refractivity contribution is 7.16. The SMILES string of the molecule is CCCNc1nc(NCCc2ccc(Cl)s2)c(F)cc1F. The zero-order valence-corrected chi connectivity index (χ0v) is 13.1. The van der Waals surface area contributed by atoms with E-state index in [1.54, 1.807) is 0 Å². The predicted octanol–water partition coefficient (Wildman–Crippen LogP) is 4.55. The molecule has 0 radical (unpaired) electrons. The van der Waals surface area contributed by atoms with Crippen LogP contribution in [0.5, 0.6) is 0 Å². The summed E-state index contributed by atoms with van der Waals surface area (Å²) in [6.45, 7) is 3.04. The summed E-state index contributed by atoms with van der Waals surface area (Å²) in [6.07, 6.45) is 1.54. The normalized spacial score (nSPS) is 10.7. The molecule has 0 aromatic carbocycles. The maximum Gasteiger partial charge on any atom is 0.168 e. The van der Waals surface area contributed by atoms with Crippen molar-refractivity contribution in [1.29, 1.82) is 0 Å². The highest BCUT2D eigenvalue weighted by Crippen LogP contribution is 2.22. The van der Waals surface area contributed by atoms with Crippen molar-refractivity contribution in [2.45, 2.75) is 19.8 Å². The van der Waals surface area contributed by atoms with Crippen molar-refractivity contribution in [2.75, 3.05) is 23.7 Å². The van der Waals surface area contributed by atoms with E-state index in [4.69, 9.17) is 11.6 Å². The van der Waals surface area contributed by atoms with Crippen LogP contribution in [0, 0.1) is 11.6 Å². The van der Waals surface area contributed by atoms with Crippen molar-refractivity contribution in [3.63, 3.8) is 0 Å². The van der Waals surface area contributed by atoms with Crippen LogP contribution in [0.25, 0.3) is 0 Å². The smallest absolute Gasteiger partial charge is 0.168 e. The second kappa shape index (κ2) is 7.56. The molecule has 3 nitrogen and oxygen atoms in total. The molecule has 7 heteroatoms. The molecule has 0 saturated heterocycles. The standard InChI is InChI=1S/C14H16ClF2N3S/c1-2-6-18-13-10(16)8-11(17)14(20-13)19-7-5-9-3-4-12(15)21-9/h3-4,8H,2,5-7H2,1H3,(H2,18,19,20). The molecule has 0 aliphatic rings. The van der Waals surface area contributed by atoms with Crippen LogP contribution in [0.4, 0.5) is 20.4 Å². The van der Waals surface area contributed by atoms with Gasteiger partial charge < -0.3 is 10.6 Å². The minimum atomic E-state index is -0.696. The number of nitrogens with one attached hydrogen (secondary N) is 2. The van der Waals surface area contributed by atoms with Crippen LogP contribution >= 0.6 is 22.9 Å². The molecule has 0 aliphatic carbocycles. The molecule has 2 aromatic rings. The van der Waals surface area contributed by atoms with Crippen LogP contribution in [0.1, 0.15) is 18.2 Å². The Balaban J connectivity index is 1.98. The lowest BCUT2D eigenvalue weighted by atomic mass is 10.3. The van der Waals surface area contributed by atoms with E-state index < -0.39 is 11.6 Å². The van der Waals surface area contributed by atoms with E-state index in [-0.39, 0.29) is 11.6 Å². The molecule has 2 rings (SSSR count). The van der Waals surface area contributed by atoms with Gasteiger partial charge in [0.25, 0.3) is 0 Å². The van der Waals surface area contributed by atoms with Crippen molar-refractivity contribution in [3.05, 3.63) is 39.0 Å². The molecule has 0 bridgehead atoms. The highest BCUT2D eigenvalue weighted by atomic mass is 35.5. The summed E-state index contributed by atoms with van der Waals surface area (Å²) in [5.41, 5.74) is 0. The largest absolute Gasteiger partial charge is 0.368 e. The molecule has 2 heterocycles. The van der Waals surface area contributed by atoms with Gasteiger partial charge in [0.2, 0.25) is 0 Å². The molecule has 114 valence electrons. The minimum absolute atomic E-state index is 0.0534. The summed E-state index contributed by atoms with van der Waals surface area (Å²) in [4.78, 5) is 5.05. The summed E-state index contributed by atoms with van der Waals surface area (Å²) in [6, 6.07) is 4.59. The van der Waals surface area contributed by atoms with E-state index in [1.807, 2.05) is 19.1 Å². The number of aromatic nitrogens is 1. The first-order chi connectivity index (χ1) is 10.1. The van der Waals surface area contributed by atoms with Gasteiger partial charge in [-0.3, -0.25) is 0 Å². The topological polar surface area (TPSA) is 37.0 Å². The second-order valence-corrected chi connectivity index (χ2v) is 6.26. The van der Waals surface area contributed by atoms with Gasteiger partial charge in [-0.05, 0) is 25.0 Å². The van der Waals surface area contributed by atoms with Crippen molar-refractivity contribution in [2.24, 2.45) is 0 Å². The fraction of sp³-hybridized carbons (Fsp3) is 0.357. The Hall–Kier alpha value is -1.40. The monoisotopic (exact) mass is 331 g/mol. The molecule has 0 aliphatic heterocycles. The van der Waals surface area contributed by atoms with E-state index in [2.05, 4.69) is 15.6 Å². The summed E-state index contributed by atoms with van der Waals surface area (Å²) in [5.74, 6) is -1.26. The fourth-order valence-corrected chi connectivity index (χ4v) is 2.84. The number of nitrogens with zero attached hydrogens (tertiary/aromatic N) is 1. The Morgan fingerprint density at radius 3 is 2.38 bits per heavy atom. The maximum absolute atomic E-state index is 13.7. The van der Waals surface area contributed by atoms with Crippen LogP contribution in [-0.4, -0.2) is 18.1 Å². The molecule has 2 N–H and O–H groups in total. The van der Waals surface area contributed by atoms with E-state index in [9.17, 15) is 8.78 Å². The van der Waals surface area contributed by atoms with Gasteiger partial charge >= 0.3 is 0 Å². The minimum Gasteiger partial charge on any atom is -0.368 e. The molecule has 0 fully saturated rings. The quantitative estimate of drug-likeness (QED) is 0.781. The third kappa shape index (κ3) is 4.54. The summed E-state index contributed by atoms with van der Waals surface area (Å²) < 4.78 is 27.9. The van der Waals surface area contributed by atoms with Gasteiger partial charge in [0.15, 0.2) is 23.3 Å². The van der Waals surface area contributed by atoms with Crippen molar-refractivity contribution in [1.82, 2.24) is 4.98 Å². The number of anilines is 2. The molecular formula is C14H16ClF2N3S. The lowest BCUT2D eigenvalue weighted by Gasteiger charge is -2.10. The number of halogens is 3. The zero-order valence-electron chi connectivity index (χ0n) is 11.5. The van der Waals surface area contributed by atoms with Crippen molar-refractivity contribution in [3.8, 4) is 0 Å². The Morgan fingerprint density at radius 1 is 1.14 bits per heavy atom. The fourth-order valence-electron chi connectivity index (χ4n) is 1.75. The average molecular weight is 332 g/mol. The Kier molecular flexibility index (Phi) is 5.76. The van der Waals surface area contributed by atoms with Crippen LogP contribution in [0.2, 0.25) is 4.34 Å². The Labute approximate surface area is 131 Å². The molecule has 0 atom stereocenters. The third-order valence-corrected chi connectivity index (χ3v) is 4.06. The van der Waals surface area contributed by atoms with Crippen LogP contribution in [0.15, 0.2) is 18.2 Å². The first-order valence-corrected chi connectivity index (χ1v) is 7.87. The zero-order chi connectivity index (χ0) is 15.2. The van der Waals surface area contributed by atoms with Gasteiger partial charge in [-0.2, -0.15) is 0 Å². The number of rotatable bonds is 7. The Morgan fingerprint density at radius 2 is 1.81 bits per heavy atom. The van der Waals surface area contributed by atoms with Crippen LogP contribution in [0.3, 0.4) is 0 Å². The van der Waals surface area contributed by atoms with Crippen LogP contribution in [-0.2, 0) is 6.42 Å². The van der Waals surface area contributed by atoms with Gasteiger partial charge in [-0.25, -0.2) is 13.8 Å². The van der Waals surface area contributed by atoms with E-state index in [0.717, 1.165) is 21.7 Å². The molecule has 21 heavy (non-hydrogen) atoms. The predicted molar refractivity (Wildman–Crippen MR) is 84.5 cm³/mol. The number of hydrogen-bond donors (Lipinski definition) is 2. The second-order valence-electron chi connectivity index (χ2n) is 4.46. The van der Waals surface area contributed by atoms with Gasteiger partial charge in [-0.1, -0.05) is 18.5 Å². The van der Waals surface area contributed by atoms with E-state index in [1.165, 1.54) is 11.3 Å². The molecule has 2 aromatic heterocycles. The molecule has 0 unspecified atom stereocenters. The van der Waals surface area contributed by atoms with Crippen molar-refractivity contribution < 1.29 is 8.78 Å². The van der Waals surface area contributed by atoms with Crippen LogP contribution < -0.4 is 10.6 Å². The first kappa shape index (κ1) is 16.0. The Bertz CT molecular complexity index is 604. The summed E-state index contributed by atoms with van der Waals surface area (Å²) in [5, 5.41) is 5.72. The average Bonchev–Trinajstić information content (AvgIpc) is 2.85. The maximum atomic E-state index is 13.7. The lowest BCUT2D eigenvalue weighted by molar-refractivity contribution is 0.578. The third-order valence-electron chi connectivity index (χ3n) is 2.76. The molecule has 0 saturated carbocycles. The van der Waals surface area contributed by atoms with E-state index >= 15 is 0 Å². The number of hydrogen-bond acceptors (Lipinski definition) is 4. The summed E-state index contributed by atoms with van der Waals surface area (Å²) in [7, 11) is 0. The van der Waals surface area contributed by atoms with Crippen molar-refractivity contribution >= 4 is 34.6 Å². The molecule has 0 spiro atoms. The number of pyridine rings is 1. The van der Waals surface area contributed by atoms with Gasteiger partial charge in [0, 0.05) is 24.0 Å². The van der Waals surface area contributed by atoms with Gasteiger partial charge in [0.1, 0.15) is 0 Å². The van der Waals surface area contributed by atoms with Gasteiger partial charge in [0.05, 0.1) is 4.34 Å². The lowest BCUT2D eigenvalue weighted by Crippen LogP contribution is -2.11. The van der Waals surface area contributed by atoms with Gasteiger partial charge in [-0.15, -0.1) is 11.3 Å². The van der Waals surface area contributed by atoms with E-state index in [0.29, 0.717) is 19.5 Å². The highest BCUT2D eigenvalue weighted by Gasteiger charge is 2.11.